The normalized spacial score (nSPS) is 28.4. The van der Waals surface area contributed by atoms with Crippen molar-refractivity contribution in [2.24, 2.45) is 11.8 Å². The van der Waals surface area contributed by atoms with Gasteiger partial charge in [0.15, 0.2) is 0 Å². The first-order chi connectivity index (χ1) is 8.19. The van der Waals surface area contributed by atoms with Gasteiger partial charge in [0, 0.05) is 12.2 Å². The summed E-state index contributed by atoms with van der Waals surface area (Å²) in [6.07, 6.45) is 5.41. The van der Waals surface area contributed by atoms with Crippen LogP contribution in [0, 0.1) is 23.2 Å². The quantitative estimate of drug-likeness (QED) is 0.847. The molecule has 1 N–H and O–H groups in total. The van der Waals surface area contributed by atoms with Gasteiger partial charge in [0.1, 0.15) is 11.9 Å². The van der Waals surface area contributed by atoms with Crippen molar-refractivity contribution in [3.05, 3.63) is 23.9 Å². The number of nitriles is 1. The Morgan fingerprint density at radius 1 is 1.35 bits per heavy atom. The van der Waals surface area contributed by atoms with Crippen LogP contribution in [0.1, 0.15) is 38.7 Å². The van der Waals surface area contributed by atoms with E-state index in [1.807, 2.05) is 12.1 Å². The number of anilines is 1. The zero-order chi connectivity index (χ0) is 12.3. The Balaban J connectivity index is 1.98. The molecule has 1 aliphatic carbocycles. The second kappa shape index (κ2) is 5.18. The first-order valence-electron chi connectivity index (χ1n) is 6.31. The van der Waals surface area contributed by atoms with Crippen LogP contribution in [0.15, 0.2) is 18.3 Å². The van der Waals surface area contributed by atoms with E-state index >= 15 is 0 Å². The van der Waals surface area contributed by atoms with E-state index in [0.29, 0.717) is 17.5 Å². The van der Waals surface area contributed by atoms with E-state index in [9.17, 15) is 0 Å². The average molecular weight is 229 g/mol. The smallest absolute Gasteiger partial charge is 0.126 e. The maximum absolute atomic E-state index is 8.71. The Morgan fingerprint density at radius 2 is 2.18 bits per heavy atom. The lowest BCUT2D eigenvalue weighted by Crippen LogP contribution is -2.33. The summed E-state index contributed by atoms with van der Waals surface area (Å²) >= 11 is 0. The number of hydrogen-bond acceptors (Lipinski definition) is 3. The van der Waals surface area contributed by atoms with Crippen LogP contribution in [-0.2, 0) is 0 Å². The highest BCUT2D eigenvalue weighted by Crippen LogP contribution is 2.30. The third-order valence-corrected chi connectivity index (χ3v) is 3.66. The van der Waals surface area contributed by atoms with Crippen molar-refractivity contribution >= 4 is 5.82 Å². The molecule has 0 saturated heterocycles. The standard InChI is InChI=1S/C14H19N3/c1-10-3-5-13(11(2)7-10)17-14-6-4-12(8-15)9-16-14/h4,6,9-11,13H,3,5,7H2,1-2H3,(H,16,17). The van der Waals surface area contributed by atoms with Crippen LogP contribution in [0.2, 0.25) is 0 Å². The van der Waals surface area contributed by atoms with Crippen molar-refractivity contribution in [1.29, 1.82) is 5.26 Å². The van der Waals surface area contributed by atoms with Gasteiger partial charge in [-0.05, 0) is 43.2 Å². The van der Waals surface area contributed by atoms with Gasteiger partial charge in [0.25, 0.3) is 0 Å². The molecule has 17 heavy (non-hydrogen) atoms. The van der Waals surface area contributed by atoms with Crippen LogP contribution in [0.5, 0.6) is 0 Å². The molecule has 1 aliphatic rings. The van der Waals surface area contributed by atoms with Gasteiger partial charge < -0.3 is 5.32 Å². The van der Waals surface area contributed by atoms with Gasteiger partial charge in [-0.25, -0.2) is 4.98 Å². The molecule has 3 atom stereocenters. The second-order valence-electron chi connectivity index (χ2n) is 5.19. The Kier molecular flexibility index (Phi) is 3.63. The maximum atomic E-state index is 8.71. The van der Waals surface area contributed by atoms with Crippen LogP contribution in [0.4, 0.5) is 5.82 Å². The Bertz CT molecular complexity index is 404. The van der Waals surface area contributed by atoms with Gasteiger partial charge in [0.2, 0.25) is 0 Å². The summed E-state index contributed by atoms with van der Waals surface area (Å²) in [5, 5.41) is 12.2. The Morgan fingerprint density at radius 3 is 2.76 bits per heavy atom. The van der Waals surface area contributed by atoms with Crippen molar-refractivity contribution in [2.45, 2.75) is 39.2 Å². The highest BCUT2D eigenvalue weighted by Gasteiger charge is 2.25. The minimum Gasteiger partial charge on any atom is -0.367 e. The molecular formula is C14H19N3. The molecule has 1 heterocycles. The van der Waals surface area contributed by atoms with Crippen molar-refractivity contribution < 1.29 is 0 Å². The molecular weight excluding hydrogens is 210 g/mol. The molecule has 3 nitrogen and oxygen atoms in total. The topological polar surface area (TPSA) is 48.7 Å². The largest absolute Gasteiger partial charge is 0.367 e. The molecule has 2 rings (SSSR count). The van der Waals surface area contributed by atoms with Crippen molar-refractivity contribution in [3.63, 3.8) is 0 Å². The number of hydrogen-bond donors (Lipinski definition) is 1. The first-order valence-corrected chi connectivity index (χ1v) is 6.31. The van der Waals surface area contributed by atoms with E-state index in [1.54, 1.807) is 6.20 Å². The molecule has 0 amide bonds. The SMILES string of the molecule is CC1CCC(Nc2ccc(C#N)cn2)C(C)C1. The van der Waals surface area contributed by atoms with E-state index in [2.05, 4.69) is 30.2 Å². The number of nitrogens with zero attached hydrogens (tertiary/aromatic N) is 2. The number of pyridine rings is 1. The van der Waals surface area contributed by atoms with Gasteiger partial charge >= 0.3 is 0 Å². The van der Waals surface area contributed by atoms with Crippen molar-refractivity contribution in [1.82, 2.24) is 4.98 Å². The highest BCUT2D eigenvalue weighted by atomic mass is 15.0. The first kappa shape index (κ1) is 11.9. The van der Waals surface area contributed by atoms with Crippen molar-refractivity contribution in [2.75, 3.05) is 5.32 Å². The molecule has 0 bridgehead atoms. The summed E-state index contributed by atoms with van der Waals surface area (Å²) in [5.74, 6) is 2.42. The molecule has 1 aromatic heterocycles. The Labute approximate surface area is 103 Å². The summed E-state index contributed by atoms with van der Waals surface area (Å²) in [5.41, 5.74) is 0.612. The Hall–Kier alpha value is -1.56. The summed E-state index contributed by atoms with van der Waals surface area (Å²) in [6, 6.07) is 6.31. The van der Waals surface area contributed by atoms with Crippen LogP contribution < -0.4 is 5.32 Å². The van der Waals surface area contributed by atoms with E-state index < -0.39 is 0 Å². The fourth-order valence-corrected chi connectivity index (χ4v) is 2.62. The summed E-state index contributed by atoms with van der Waals surface area (Å²) in [6.45, 7) is 4.63. The summed E-state index contributed by atoms with van der Waals surface area (Å²) < 4.78 is 0. The van der Waals surface area contributed by atoms with E-state index in [0.717, 1.165) is 11.7 Å². The number of rotatable bonds is 2. The lowest BCUT2D eigenvalue weighted by Gasteiger charge is -2.33. The van der Waals surface area contributed by atoms with Crippen molar-refractivity contribution in [3.8, 4) is 6.07 Å². The third-order valence-electron chi connectivity index (χ3n) is 3.66. The van der Waals surface area contributed by atoms with Gasteiger partial charge in [0.05, 0.1) is 5.56 Å². The van der Waals surface area contributed by atoms with Crippen LogP contribution in [0.3, 0.4) is 0 Å². The van der Waals surface area contributed by atoms with Gasteiger partial charge in [-0.2, -0.15) is 5.26 Å². The highest BCUT2D eigenvalue weighted by molar-refractivity contribution is 5.39. The van der Waals surface area contributed by atoms with E-state index in [-0.39, 0.29) is 0 Å². The van der Waals surface area contributed by atoms with E-state index in [1.165, 1.54) is 19.3 Å². The predicted octanol–water partition coefficient (Wildman–Crippen LogP) is 3.19. The molecule has 0 radical (unpaired) electrons. The van der Waals surface area contributed by atoms with Crippen LogP contribution in [-0.4, -0.2) is 11.0 Å². The molecule has 1 fully saturated rings. The molecule has 1 aromatic rings. The van der Waals surface area contributed by atoms with Gasteiger partial charge in [-0.1, -0.05) is 13.8 Å². The molecule has 0 aliphatic heterocycles. The molecule has 1 saturated carbocycles. The minimum atomic E-state index is 0.520. The lowest BCUT2D eigenvalue weighted by molar-refractivity contribution is 0.276. The van der Waals surface area contributed by atoms with Crippen LogP contribution in [0.25, 0.3) is 0 Å². The minimum absolute atomic E-state index is 0.520. The average Bonchev–Trinajstić information content (AvgIpc) is 2.34. The zero-order valence-corrected chi connectivity index (χ0v) is 10.5. The second-order valence-corrected chi connectivity index (χ2v) is 5.19. The summed E-state index contributed by atoms with van der Waals surface area (Å²) in [4.78, 5) is 4.26. The predicted molar refractivity (Wildman–Crippen MR) is 68.5 cm³/mol. The third kappa shape index (κ3) is 2.97. The number of aromatic nitrogens is 1. The molecule has 0 aromatic carbocycles. The molecule has 90 valence electrons. The van der Waals surface area contributed by atoms with Gasteiger partial charge in [-0.3, -0.25) is 0 Å². The molecule has 3 unspecified atom stereocenters. The summed E-state index contributed by atoms with van der Waals surface area (Å²) in [7, 11) is 0. The zero-order valence-electron chi connectivity index (χ0n) is 10.5. The monoisotopic (exact) mass is 229 g/mol. The fourth-order valence-electron chi connectivity index (χ4n) is 2.62. The van der Waals surface area contributed by atoms with Gasteiger partial charge in [-0.15, -0.1) is 0 Å². The van der Waals surface area contributed by atoms with Crippen LogP contribution >= 0.6 is 0 Å². The lowest BCUT2D eigenvalue weighted by atomic mass is 9.80. The van der Waals surface area contributed by atoms with E-state index in [4.69, 9.17) is 5.26 Å². The maximum Gasteiger partial charge on any atom is 0.126 e. The fraction of sp³-hybridized carbons (Fsp3) is 0.571. The number of nitrogens with one attached hydrogen (secondary N) is 1. The molecule has 0 spiro atoms. The molecule has 3 heteroatoms.